The minimum atomic E-state index is -0.546. The van der Waals surface area contributed by atoms with Crippen LogP contribution in [0.5, 0.6) is 11.6 Å². The van der Waals surface area contributed by atoms with Gasteiger partial charge in [-0.25, -0.2) is 18.9 Å². The van der Waals surface area contributed by atoms with Gasteiger partial charge in [-0.2, -0.15) is 0 Å². The van der Waals surface area contributed by atoms with Crippen molar-refractivity contribution in [3.8, 4) is 11.6 Å². The summed E-state index contributed by atoms with van der Waals surface area (Å²) in [7, 11) is 0. The number of ether oxygens (including phenoxy) is 2. The molecule has 1 saturated carbocycles. The second kappa shape index (κ2) is 10.2. The molecule has 0 bridgehead atoms. The van der Waals surface area contributed by atoms with E-state index in [2.05, 4.69) is 36.1 Å². The summed E-state index contributed by atoms with van der Waals surface area (Å²) in [4.78, 5) is 20.7. The summed E-state index contributed by atoms with van der Waals surface area (Å²) in [6.45, 7) is 10.6. The average molecular weight is 575 g/mol. The molecule has 3 aromatic rings. The van der Waals surface area contributed by atoms with Gasteiger partial charge in [0.15, 0.2) is 0 Å². The highest BCUT2D eigenvalue weighted by Gasteiger charge is 2.31. The van der Waals surface area contributed by atoms with Crippen molar-refractivity contribution in [1.29, 1.82) is 0 Å². The fourth-order valence-electron chi connectivity index (χ4n) is 4.53. The number of rotatable bonds is 6. The monoisotopic (exact) mass is 574 g/mol. The molecule has 198 valence electrons. The number of hydrogen-bond acceptors (Lipinski definition) is 7. The molecule has 1 atom stereocenters. The first kappa shape index (κ1) is 25.8. The van der Waals surface area contributed by atoms with E-state index in [0.717, 1.165) is 18.3 Å². The number of nitrogens with zero attached hydrogens (tertiary/aromatic N) is 6. The predicted molar refractivity (Wildman–Crippen MR) is 140 cm³/mol. The molecule has 1 amide bonds. The van der Waals surface area contributed by atoms with Crippen LogP contribution in [0.1, 0.15) is 46.1 Å². The minimum absolute atomic E-state index is 0.0516. The summed E-state index contributed by atoms with van der Waals surface area (Å²) in [6.07, 6.45) is 3.31. The Bertz CT molecular complexity index is 1310. The van der Waals surface area contributed by atoms with Crippen molar-refractivity contribution in [3.05, 3.63) is 40.2 Å². The number of carbonyl (C=O) groups is 1. The fraction of sp³-hybridized carbons (Fsp3) is 0.538. The van der Waals surface area contributed by atoms with Crippen LogP contribution >= 0.6 is 15.9 Å². The molecule has 0 unspecified atom stereocenters. The van der Waals surface area contributed by atoms with E-state index in [9.17, 15) is 9.18 Å². The molecule has 1 aliphatic heterocycles. The van der Waals surface area contributed by atoms with Crippen LogP contribution in [-0.4, -0.2) is 67.1 Å². The molecule has 5 rings (SSSR count). The summed E-state index contributed by atoms with van der Waals surface area (Å²) in [5, 5.41) is 8.65. The number of carbonyl (C=O) groups excluding carboxylic acids is 1. The summed E-state index contributed by atoms with van der Waals surface area (Å²) < 4.78 is 28.5. The van der Waals surface area contributed by atoms with Crippen molar-refractivity contribution < 1.29 is 18.7 Å². The van der Waals surface area contributed by atoms with Gasteiger partial charge in [0.25, 0.3) is 0 Å². The van der Waals surface area contributed by atoms with Crippen molar-refractivity contribution in [1.82, 2.24) is 29.8 Å². The molecule has 0 radical (unpaired) electrons. The van der Waals surface area contributed by atoms with Crippen molar-refractivity contribution in [2.45, 2.75) is 65.3 Å². The molecular weight excluding hydrogens is 543 g/mol. The zero-order valence-electron chi connectivity index (χ0n) is 21.6. The van der Waals surface area contributed by atoms with Crippen LogP contribution in [0.3, 0.4) is 0 Å². The SMILES string of the molecule is C[C@@H]1CN(Cc2cc(F)cnc2Oc2ccc3c(nnn3CC3CC3)c2Br)CCN1C(=O)OC(C)(C)C. The molecule has 1 aromatic carbocycles. The van der Waals surface area contributed by atoms with Crippen LogP contribution in [0.2, 0.25) is 0 Å². The van der Waals surface area contributed by atoms with Gasteiger partial charge in [-0.15, -0.1) is 5.10 Å². The van der Waals surface area contributed by atoms with Gasteiger partial charge < -0.3 is 14.4 Å². The lowest BCUT2D eigenvalue weighted by Crippen LogP contribution is -2.54. The number of piperazine rings is 1. The number of amides is 1. The molecule has 2 aromatic heterocycles. The Morgan fingerprint density at radius 3 is 2.73 bits per heavy atom. The Morgan fingerprint density at radius 2 is 2.03 bits per heavy atom. The molecule has 1 saturated heterocycles. The van der Waals surface area contributed by atoms with E-state index in [1.165, 1.54) is 18.9 Å². The Morgan fingerprint density at radius 1 is 1.24 bits per heavy atom. The van der Waals surface area contributed by atoms with Crippen molar-refractivity contribution in [2.75, 3.05) is 19.6 Å². The van der Waals surface area contributed by atoms with E-state index in [1.54, 1.807) is 4.90 Å². The second-order valence-corrected chi connectivity index (χ2v) is 11.7. The molecule has 9 nitrogen and oxygen atoms in total. The van der Waals surface area contributed by atoms with Crippen LogP contribution in [-0.2, 0) is 17.8 Å². The van der Waals surface area contributed by atoms with Gasteiger partial charge >= 0.3 is 6.09 Å². The largest absolute Gasteiger partial charge is 0.444 e. The number of halogens is 2. The van der Waals surface area contributed by atoms with Crippen LogP contribution in [0.4, 0.5) is 9.18 Å². The maximum atomic E-state index is 14.2. The first-order chi connectivity index (χ1) is 17.6. The lowest BCUT2D eigenvalue weighted by molar-refractivity contribution is 0.000465. The van der Waals surface area contributed by atoms with Crippen molar-refractivity contribution in [3.63, 3.8) is 0 Å². The maximum absolute atomic E-state index is 14.2. The normalized spacial score (nSPS) is 18.9. The Labute approximate surface area is 224 Å². The zero-order valence-corrected chi connectivity index (χ0v) is 23.2. The third-order valence-corrected chi connectivity index (χ3v) is 7.32. The molecule has 1 aliphatic carbocycles. The van der Waals surface area contributed by atoms with Crippen LogP contribution in [0, 0.1) is 11.7 Å². The highest BCUT2D eigenvalue weighted by Crippen LogP contribution is 2.37. The summed E-state index contributed by atoms with van der Waals surface area (Å²) in [6, 6.07) is 5.20. The molecule has 2 aliphatic rings. The van der Waals surface area contributed by atoms with Gasteiger partial charge in [-0.1, -0.05) is 5.21 Å². The average Bonchev–Trinajstić information content (AvgIpc) is 3.54. The van der Waals surface area contributed by atoms with Gasteiger partial charge in [0.1, 0.15) is 22.7 Å². The Kier molecular flexibility index (Phi) is 7.10. The second-order valence-electron chi connectivity index (χ2n) is 10.9. The first-order valence-electron chi connectivity index (χ1n) is 12.6. The maximum Gasteiger partial charge on any atom is 0.410 e. The minimum Gasteiger partial charge on any atom is -0.444 e. The van der Waals surface area contributed by atoms with Crippen molar-refractivity contribution >= 4 is 33.1 Å². The number of aromatic nitrogens is 4. The van der Waals surface area contributed by atoms with Gasteiger partial charge in [-0.05, 0) is 80.6 Å². The Hall–Kier alpha value is -2.79. The topological polar surface area (TPSA) is 85.6 Å². The van der Waals surface area contributed by atoms with E-state index in [1.807, 2.05) is 44.5 Å². The molecule has 0 spiro atoms. The quantitative estimate of drug-likeness (QED) is 0.391. The smallest absolute Gasteiger partial charge is 0.410 e. The molecular formula is C26H32BrFN6O3. The van der Waals surface area contributed by atoms with Gasteiger partial charge in [0, 0.05) is 44.3 Å². The zero-order chi connectivity index (χ0) is 26.3. The molecule has 11 heteroatoms. The van der Waals surface area contributed by atoms with Crippen LogP contribution in [0.25, 0.3) is 11.0 Å². The summed E-state index contributed by atoms with van der Waals surface area (Å²) >= 11 is 3.62. The number of fused-ring (bicyclic) bond motifs is 1. The van der Waals surface area contributed by atoms with Crippen molar-refractivity contribution in [2.24, 2.45) is 5.92 Å². The predicted octanol–water partition coefficient (Wildman–Crippen LogP) is 5.37. The molecule has 2 fully saturated rings. The fourth-order valence-corrected chi connectivity index (χ4v) is 5.03. The number of benzene rings is 1. The van der Waals surface area contributed by atoms with Gasteiger partial charge in [-0.3, -0.25) is 4.90 Å². The number of pyridine rings is 1. The van der Waals surface area contributed by atoms with E-state index < -0.39 is 11.4 Å². The van der Waals surface area contributed by atoms with Gasteiger partial charge in [0.05, 0.1) is 16.2 Å². The lowest BCUT2D eigenvalue weighted by Gasteiger charge is -2.40. The van der Waals surface area contributed by atoms with Crippen LogP contribution < -0.4 is 4.74 Å². The number of hydrogen-bond donors (Lipinski definition) is 0. The lowest BCUT2D eigenvalue weighted by atomic mass is 10.1. The van der Waals surface area contributed by atoms with Gasteiger partial charge in [0.2, 0.25) is 5.88 Å². The molecule has 37 heavy (non-hydrogen) atoms. The van der Waals surface area contributed by atoms with E-state index in [4.69, 9.17) is 9.47 Å². The highest BCUT2D eigenvalue weighted by atomic mass is 79.9. The standard InChI is InChI=1S/C26H32BrFN6O3/c1-16-13-32(9-10-33(16)25(35)37-26(2,3)4)15-18-11-19(28)12-29-24(18)36-21-8-7-20-23(22(21)27)30-31-34(20)14-17-5-6-17/h7-8,11-12,16-17H,5-6,9-10,13-15H2,1-4H3/t16-/m1/s1. The third kappa shape index (κ3) is 6.04. The van der Waals surface area contributed by atoms with E-state index >= 15 is 0 Å². The van der Waals surface area contributed by atoms with E-state index in [0.29, 0.717) is 59.3 Å². The first-order valence-corrected chi connectivity index (χ1v) is 13.4. The van der Waals surface area contributed by atoms with Crippen LogP contribution in [0.15, 0.2) is 28.9 Å². The van der Waals surface area contributed by atoms with E-state index in [-0.39, 0.29) is 12.1 Å². The third-order valence-electron chi connectivity index (χ3n) is 6.55. The molecule has 0 N–H and O–H groups in total. The Balaban J connectivity index is 1.30. The molecule has 3 heterocycles. The summed E-state index contributed by atoms with van der Waals surface area (Å²) in [5.74, 6) is 1.11. The summed E-state index contributed by atoms with van der Waals surface area (Å²) in [5.41, 5.74) is 1.74. The highest BCUT2D eigenvalue weighted by molar-refractivity contribution is 9.10.